The van der Waals surface area contributed by atoms with Gasteiger partial charge in [0, 0.05) is 17.8 Å². The maximum absolute atomic E-state index is 11.3. The third kappa shape index (κ3) is 4.12. The number of ether oxygens (including phenoxy) is 1. The van der Waals surface area contributed by atoms with Gasteiger partial charge in [0.15, 0.2) is 5.78 Å². The number of nitrogens with one attached hydrogen (secondary N) is 1. The van der Waals surface area contributed by atoms with Crippen LogP contribution in [0.3, 0.4) is 0 Å². The number of benzene rings is 2. The van der Waals surface area contributed by atoms with Crippen molar-refractivity contribution < 1.29 is 9.53 Å². The van der Waals surface area contributed by atoms with Gasteiger partial charge in [-0.25, -0.2) is 0 Å². The van der Waals surface area contributed by atoms with E-state index in [0.29, 0.717) is 13.2 Å². The monoisotopic (exact) mass is 269 g/mol. The molecule has 0 aromatic heterocycles. The molecule has 0 spiro atoms. The fourth-order valence-corrected chi connectivity index (χ4v) is 1.85. The first-order valence-electron chi connectivity index (χ1n) is 6.69. The number of Topliss-reactive ketones (excluding diaryl/α,β-unsaturated/α-hetero) is 1. The molecule has 2 aromatic rings. The summed E-state index contributed by atoms with van der Waals surface area (Å²) < 4.78 is 5.63. The normalized spacial score (nSPS) is 10.1. The third-order valence-electron chi connectivity index (χ3n) is 2.99. The SMILES string of the molecule is CC(=O)c1cccc(NCCOc2ccc(C)cc2)c1. The number of rotatable bonds is 6. The van der Waals surface area contributed by atoms with Crippen molar-refractivity contribution >= 4 is 11.5 Å². The van der Waals surface area contributed by atoms with E-state index in [1.807, 2.05) is 55.5 Å². The van der Waals surface area contributed by atoms with Crippen LogP contribution in [0.25, 0.3) is 0 Å². The van der Waals surface area contributed by atoms with E-state index in [1.165, 1.54) is 5.56 Å². The predicted octanol–water partition coefficient (Wildman–Crippen LogP) is 3.69. The number of ketones is 1. The summed E-state index contributed by atoms with van der Waals surface area (Å²) in [7, 11) is 0. The zero-order chi connectivity index (χ0) is 14.4. The van der Waals surface area contributed by atoms with Crippen LogP contribution in [0, 0.1) is 6.92 Å². The fourth-order valence-electron chi connectivity index (χ4n) is 1.85. The van der Waals surface area contributed by atoms with Crippen LogP contribution >= 0.6 is 0 Å². The van der Waals surface area contributed by atoms with Crippen molar-refractivity contribution in [1.82, 2.24) is 0 Å². The highest BCUT2D eigenvalue weighted by Gasteiger charge is 2.00. The highest BCUT2D eigenvalue weighted by atomic mass is 16.5. The van der Waals surface area contributed by atoms with E-state index in [4.69, 9.17) is 4.74 Å². The molecule has 3 nitrogen and oxygen atoms in total. The van der Waals surface area contributed by atoms with Crippen molar-refractivity contribution in [1.29, 1.82) is 0 Å². The lowest BCUT2D eigenvalue weighted by molar-refractivity contribution is 0.101. The first kappa shape index (κ1) is 14.1. The summed E-state index contributed by atoms with van der Waals surface area (Å²) in [5.41, 5.74) is 2.87. The molecule has 0 aliphatic carbocycles. The number of hydrogen-bond donors (Lipinski definition) is 1. The van der Waals surface area contributed by atoms with Gasteiger partial charge < -0.3 is 10.1 Å². The molecule has 0 amide bonds. The van der Waals surface area contributed by atoms with Gasteiger partial charge in [-0.1, -0.05) is 29.8 Å². The van der Waals surface area contributed by atoms with Crippen LogP contribution in [0.4, 0.5) is 5.69 Å². The Balaban J connectivity index is 1.79. The molecule has 1 N–H and O–H groups in total. The highest BCUT2D eigenvalue weighted by molar-refractivity contribution is 5.94. The summed E-state index contributed by atoms with van der Waals surface area (Å²) in [6.07, 6.45) is 0. The van der Waals surface area contributed by atoms with E-state index < -0.39 is 0 Å². The van der Waals surface area contributed by atoms with Gasteiger partial charge in [0.2, 0.25) is 0 Å². The van der Waals surface area contributed by atoms with E-state index in [9.17, 15) is 4.79 Å². The number of carbonyl (C=O) groups excluding carboxylic acids is 1. The molecule has 2 rings (SSSR count). The van der Waals surface area contributed by atoms with Crippen LogP contribution in [-0.4, -0.2) is 18.9 Å². The summed E-state index contributed by atoms with van der Waals surface area (Å²) in [5, 5.41) is 3.24. The lowest BCUT2D eigenvalue weighted by Gasteiger charge is -2.09. The third-order valence-corrected chi connectivity index (χ3v) is 2.99. The molecule has 0 radical (unpaired) electrons. The number of anilines is 1. The molecule has 0 atom stereocenters. The second-order valence-corrected chi connectivity index (χ2v) is 4.73. The van der Waals surface area contributed by atoms with Gasteiger partial charge in [0.05, 0.1) is 0 Å². The molecule has 0 fully saturated rings. The Morgan fingerprint density at radius 3 is 2.60 bits per heavy atom. The maximum atomic E-state index is 11.3. The van der Waals surface area contributed by atoms with Crippen LogP contribution in [0.5, 0.6) is 5.75 Å². The molecular formula is C17H19NO2. The van der Waals surface area contributed by atoms with Gasteiger partial charge in [-0.3, -0.25) is 4.79 Å². The van der Waals surface area contributed by atoms with Crippen LogP contribution < -0.4 is 10.1 Å². The Morgan fingerprint density at radius 2 is 1.90 bits per heavy atom. The van der Waals surface area contributed by atoms with Crippen LogP contribution in [0.2, 0.25) is 0 Å². The standard InChI is InChI=1S/C17H19NO2/c1-13-6-8-17(9-7-13)20-11-10-18-16-5-3-4-15(12-16)14(2)19/h3-9,12,18H,10-11H2,1-2H3. The van der Waals surface area contributed by atoms with E-state index >= 15 is 0 Å². The Hall–Kier alpha value is -2.29. The summed E-state index contributed by atoms with van der Waals surface area (Å²) >= 11 is 0. The largest absolute Gasteiger partial charge is 0.492 e. The molecule has 20 heavy (non-hydrogen) atoms. The van der Waals surface area contributed by atoms with E-state index in [-0.39, 0.29) is 5.78 Å². The topological polar surface area (TPSA) is 38.3 Å². The quantitative estimate of drug-likeness (QED) is 0.642. The fraction of sp³-hybridized carbons (Fsp3) is 0.235. The van der Waals surface area contributed by atoms with Gasteiger partial charge >= 0.3 is 0 Å². The summed E-state index contributed by atoms with van der Waals surface area (Å²) in [5.74, 6) is 0.944. The van der Waals surface area contributed by atoms with Gasteiger partial charge in [0.1, 0.15) is 12.4 Å². The minimum absolute atomic E-state index is 0.0737. The summed E-state index contributed by atoms with van der Waals surface area (Å²) in [6, 6.07) is 15.5. The first-order valence-corrected chi connectivity index (χ1v) is 6.69. The molecule has 2 aromatic carbocycles. The summed E-state index contributed by atoms with van der Waals surface area (Å²) in [6.45, 7) is 4.88. The van der Waals surface area contributed by atoms with E-state index in [2.05, 4.69) is 5.32 Å². The van der Waals surface area contributed by atoms with Crippen molar-refractivity contribution in [2.75, 3.05) is 18.5 Å². The van der Waals surface area contributed by atoms with Crippen LogP contribution in [0.15, 0.2) is 48.5 Å². The predicted molar refractivity (Wildman–Crippen MR) is 81.6 cm³/mol. The van der Waals surface area contributed by atoms with Gasteiger partial charge in [-0.05, 0) is 38.1 Å². The molecule has 0 heterocycles. The van der Waals surface area contributed by atoms with Crippen molar-refractivity contribution in [3.8, 4) is 5.75 Å². The van der Waals surface area contributed by atoms with Gasteiger partial charge in [-0.15, -0.1) is 0 Å². The molecule has 3 heteroatoms. The molecule has 0 aliphatic rings. The highest BCUT2D eigenvalue weighted by Crippen LogP contribution is 2.12. The van der Waals surface area contributed by atoms with Crippen LogP contribution in [0.1, 0.15) is 22.8 Å². The lowest BCUT2D eigenvalue weighted by atomic mass is 10.1. The maximum Gasteiger partial charge on any atom is 0.159 e. The Morgan fingerprint density at radius 1 is 1.15 bits per heavy atom. The number of hydrogen-bond acceptors (Lipinski definition) is 3. The number of aryl methyl sites for hydroxylation is 1. The van der Waals surface area contributed by atoms with Crippen molar-refractivity contribution in [2.24, 2.45) is 0 Å². The van der Waals surface area contributed by atoms with Crippen molar-refractivity contribution in [2.45, 2.75) is 13.8 Å². The zero-order valence-electron chi connectivity index (χ0n) is 11.8. The Kier molecular flexibility index (Phi) is 4.77. The smallest absolute Gasteiger partial charge is 0.159 e. The van der Waals surface area contributed by atoms with Gasteiger partial charge in [-0.2, -0.15) is 0 Å². The average molecular weight is 269 g/mol. The molecule has 0 saturated heterocycles. The summed E-state index contributed by atoms with van der Waals surface area (Å²) in [4.78, 5) is 11.3. The molecular weight excluding hydrogens is 250 g/mol. The molecule has 104 valence electrons. The van der Waals surface area contributed by atoms with E-state index in [0.717, 1.165) is 17.0 Å². The molecule has 0 unspecified atom stereocenters. The van der Waals surface area contributed by atoms with Crippen molar-refractivity contribution in [3.05, 3.63) is 59.7 Å². The van der Waals surface area contributed by atoms with Gasteiger partial charge in [0.25, 0.3) is 0 Å². The molecule has 0 saturated carbocycles. The second kappa shape index (κ2) is 6.75. The minimum Gasteiger partial charge on any atom is -0.492 e. The molecule has 0 bridgehead atoms. The molecule has 0 aliphatic heterocycles. The average Bonchev–Trinajstić information content (AvgIpc) is 2.46. The second-order valence-electron chi connectivity index (χ2n) is 4.73. The number of carbonyl (C=O) groups is 1. The van der Waals surface area contributed by atoms with Crippen molar-refractivity contribution in [3.63, 3.8) is 0 Å². The minimum atomic E-state index is 0.0737. The first-order chi connectivity index (χ1) is 9.65. The lowest BCUT2D eigenvalue weighted by Crippen LogP contribution is -2.11. The Labute approximate surface area is 119 Å². The zero-order valence-corrected chi connectivity index (χ0v) is 11.8. The Bertz CT molecular complexity index is 576. The van der Waals surface area contributed by atoms with E-state index in [1.54, 1.807) is 6.92 Å². The van der Waals surface area contributed by atoms with Crippen LogP contribution in [-0.2, 0) is 0 Å².